The second-order valence-electron chi connectivity index (χ2n) is 6.48. The van der Waals surface area contributed by atoms with E-state index in [4.69, 9.17) is 4.74 Å². The van der Waals surface area contributed by atoms with Crippen molar-refractivity contribution in [3.8, 4) is 5.75 Å². The van der Waals surface area contributed by atoms with Crippen LogP contribution in [0.2, 0.25) is 0 Å². The summed E-state index contributed by atoms with van der Waals surface area (Å²) in [7, 11) is 0. The van der Waals surface area contributed by atoms with Crippen LogP contribution < -0.4 is 10.1 Å². The van der Waals surface area contributed by atoms with Gasteiger partial charge in [0, 0.05) is 18.1 Å². The number of allylic oxidation sites excluding steroid dienone is 2. The standard InChI is InChI=1S/C20H20N2O3/c1-2-25-18-8-4-7-17-15-5-3-6-16(15)19(21-20(17)18)13-9-11-14(12-10-13)22(23)24/h3-5,7-12,15-16,19,21H,2,6H2,1H3/t15-,16+,19+/m0/s1. The van der Waals surface area contributed by atoms with Crippen LogP contribution in [0.5, 0.6) is 5.75 Å². The summed E-state index contributed by atoms with van der Waals surface area (Å²) in [6, 6.07) is 13.2. The molecule has 0 fully saturated rings. The quantitative estimate of drug-likeness (QED) is 0.494. The molecule has 0 aromatic heterocycles. The predicted molar refractivity (Wildman–Crippen MR) is 97.1 cm³/mol. The summed E-state index contributed by atoms with van der Waals surface area (Å²) < 4.78 is 5.81. The fourth-order valence-electron chi connectivity index (χ4n) is 4.00. The van der Waals surface area contributed by atoms with Gasteiger partial charge >= 0.3 is 0 Å². The van der Waals surface area contributed by atoms with Crippen molar-refractivity contribution < 1.29 is 9.66 Å². The topological polar surface area (TPSA) is 64.4 Å². The molecule has 1 aliphatic carbocycles. The highest BCUT2D eigenvalue weighted by Gasteiger charge is 2.39. The number of nitrogens with zero attached hydrogens (tertiary/aromatic N) is 1. The Labute approximate surface area is 146 Å². The van der Waals surface area contributed by atoms with Crippen LogP contribution in [0.25, 0.3) is 0 Å². The smallest absolute Gasteiger partial charge is 0.269 e. The molecule has 0 bridgehead atoms. The molecule has 4 rings (SSSR count). The number of anilines is 1. The van der Waals surface area contributed by atoms with Gasteiger partial charge in [0.05, 0.1) is 23.3 Å². The summed E-state index contributed by atoms with van der Waals surface area (Å²) in [5, 5.41) is 14.6. The van der Waals surface area contributed by atoms with Gasteiger partial charge in [0.1, 0.15) is 5.75 Å². The van der Waals surface area contributed by atoms with Crippen LogP contribution in [0, 0.1) is 16.0 Å². The van der Waals surface area contributed by atoms with Gasteiger partial charge in [-0.3, -0.25) is 10.1 Å². The van der Waals surface area contributed by atoms with Crippen molar-refractivity contribution in [1.82, 2.24) is 0 Å². The molecule has 2 aromatic carbocycles. The molecule has 0 spiro atoms. The maximum Gasteiger partial charge on any atom is 0.269 e. The third-order valence-electron chi connectivity index (χ3n) is 5.12. The molecule has 1 aliphatic heterocycles. The molecule has 128 valence electrons. The summed E-state index contributed by atoms with van der Waals surface area (Å²) in [6.45, 7) is 2.60. The van der Waals surface area contributed by atoms with Crippen molar-refractivity contribution in [3.63, 3.8) is 0 Å². The maximum absolute atomic E-state index is 10.9. The molecule has 0 saturated heterocycles. The number of ether oxygens (including phenoxy) is 1. The average Bonchev–Trinajstić information content (AvgIpc) is 3.12. The zero-order valence-corrected chi connectivity index (χ0v) is 14.0. The number of nitro benzene ring substituents is 1. The summed E-state index contributed by atoms with van der Waals surface area (Å²) >= 11 is 0. The van der Waals surface area contributed by atoms with Crippen LogP contribution in [-0.2, 0) is 0 Å². The van der Waals surface area contributed by atoms with Gasteiger partial charge in [-0.05, 0) is 36.5 Å². The van der Waals surface area contributed by atoms with Gasteiger partial charge in [-0.1, -0.05) is 36.4 Å². The fraction of sp³-hybridized carbons (Fsp3) is 0.300. The van der Waals surface area contributed by atoms with E-state index in [1.54, 1.807) is 12.1 Å². The van der Waals surface area contributed by atoms with Gasteiger partial charge in [0.25, 0.3) is 5.69 Å². The lowest BCUT2D eigenvalue weighted by Gasteiger charge is -2.38. The van der Waals surface area contributed by atoms with E-state index >= 15 is 0 Å². The molecule has 0 amide bonds. The lowest BCUT2D eigenvalue weighted by molar-refractivity contribution is -0.384. The van der Waals surface area contributed by atoms with Crippen LogP contribution in [0.1, 0.15) is 36.4 Å². The average molecular weight is 336 g/mol. The third kappa shape index (κ3) is 2.65. The van der Waals surface area contributed by atoms with Crippen LogP contribution in [0.4, 0.5) is 11.4 Å². The second-order valence-corrected chi connectivity index (χ2v) is 6.48. The van der Waals surface area contributed by atoms with Crippen molar-refractivity contribution in [2.75, 3.05) is 11.9 Å². The van der Waals surface area contributed by atoms with E-state index in [1.807, 2.05) is 31.2 Å². The molecule has 0 radical (unpaired) electrons. The molecule has 2 aromatic rings. The van der Waals surface area contributed by atoms with E-state index < -0.39 is 0 Å². The first-order valence-corrected chi connectivity index (χ1v) is 8.62. The molecule has 5 nitrogen and oxygen atoms in total. The number of fused-ring (bicyclic) bond motifs is 3. The van der Waals surface area contributed by atoms with E-state index in [-0.39, 0.29) is 16.7 Å². The third-order valence-corrected chi connectivity index (χ3v) is 5.12. The van der Waals surface area contributed by atoms with Gasteiger partial charge in [-0.15, -0.1) is 0 Å². The molecule has 25 heavy (non-hydrogen) atoms. The van der Waals surface area contributed by atoms with E-state index in [1.165, 1.54) is 5.56 Å². The highest BCUT2D eigenvalue weighted by molar-refractivity contribution is 5.67. The number of nitrogens with one attached hydrogen (secondary N) is 1. The molecule has 5 heteroatoms. The molecule has 2 aliphatic rings. The maximum atomic E-state index is 10.9. The molecular formula is C20H20N2O3. The Bertz CT molecular complexity index is 829. The Morgan fingerprint density at radius 1 is 1.24 bits per heavy atom. The van der Waals surface area contributed by atoms with Crippen LogP contribution >= 0.6 is 0 Å². The van der Waals surface area contributed by atoms with Crippen molar-refractivity contribution in [1.29, 1.82) is 0 Å². The van der Waals surface area contributed by atoms with Gasteiger partial charge in [0.15, 0.2) is 0 Å². The zero-order valence-electron chi connectivity index (χ0n) is 14.0. The summed E-state index contributed by atoms with van der Waals surface area (Å²) in [5.74, 6) is 1.62. The summed E-state index contributed by atoms with van der Waals surface area (Å²) in [4.78, 5) is 10.6. The van der Waals surface area contributed by atoms with Crippen LogP contribution in [-0.4, -0.2) is 11.5 Å². The normalized spacial score (nSPS) is 23.5. The van der Waals surface area contributed by atoms with Crippen molar-refractivity contribution >= 4 is 11.4 Å². The van der Waals surface area contributed by atoms with Crippen molar-refractivity contribution in [2.45, 2.75) is 25.3 Å². The minimum absolute atomic E-state index is 0.106. The van der Waals surface area contributed by atoms with Gasteiger partial charge < -0.3 is 10.1 Å². The zero-order chi connectivity index (χ0) is 17.4. The molecule has 1 N–H and O–H groups in total. The van der Waals surface area contributed by atoms with E-state index in [0.29, 0.717) is 18.4 Å². The van der Waals surface area contributed by atoms with Crippen LogP contribution in [0.15, 0.2) is 54.6 Å². The number of para-hydroxylation sites is 1. The highest BCUT2D eigenvalue weighted by Crippen LogP contribution is 2.52. The first-order valence-electron chi connectivity index (χ1n) is 8.62. The Kier molecular flexibility index (Phi) is 3.92. The Morgan fingerprint density at radius 3 is 2.76 bits per heavy atom. The van der Waals surface area contributed by atoms with E-state index in [0.717, 1.165) is 23.4 Å². The SMILES string of the molecule is CCOc1cccc2c1N[C@H](c1ccc([N+](=O)[O-])cc1)[C@@H]1CC=C[C@H]21. The number of non-ortho nitro benzene ring substituents is 1. The van der Waals surface area contributed by atoms with E-state index in [9.17, 15) is 10.1 Å². The first kappa shape index (κ1) is 15.7. The largest absolute Gasteiger partial charge is 0.492 e. The monoisotopic (exact) mass is 336 g/mol. The molecular weight excluding hydrogens is 316 g/mol. The summed E-state index contributed by atoms with van der Waals surface area (Å²) in [5.41, 5.74) is 3.50. The number of benzene rings is 2. The second kappa shape index (κ2) is 6.24. The van der Waals surface area contributed by atoms with Gasteiger partial charge in [-0.25, -0.2) is 0 Å². The Morgan fingerprint density at radius 2 is 2.04 bits per heavy atom. The number of rotatable bonds is 4. The lowest BCUT2D eigenvalue weighted by atomic mass is 9.77. The molecule has 0 saturated carbocycles. The summed E-state index contributed by atoms with van der Waals surface area (Å²) in [6.07, 6.45) is 5.51. The van der Waals surface area contributed by atoms with Crippen molar-refractivity contribution in [3.05, 3.63) is 75.9 Å². The number of nitro groups is 1. The van der Waals surface area contributed by atoms with Gasteiger partial charge in [0.2, 0.25) is 0 Å². The minimum Gasteiger partial charge on any atom is -0.492 e. The Hall–Kier alpha value is -2.82. The number of hydrogen-bond acceptors (Lipinski definition) is 4. The van der Waals surface area contributed by atoms with Gasteiger partial charge in [-0.2, -0.15) is 0 Å². The lowest BCUT2D eigenvalue weighted by Crippen LogP contribution is -2.29. The fourth-order valence-corrected chi connectivity index (χ4v) is 4.00. The predicted octanol–water partition coefficient (Wildman–Crippen LogP) is 4.82. The van der Waals surface area contributed by atoms with E-state index in [2.05, 4.69) is 23.5 Å². The molecule has 1 heterocycles. The minimum atomic E-state index is -0.361. The number of hydrogen-bond donors (Lipinski definition) is 1. The van der Waals surface area contributed by atoms with Crippen LogP contribution in [0.3, 0.4) is 0 Å². The molecule has 3 atom stereocenters. The first-order chi connectivity index (χ1) is 12.2. The highest BCUT2D eigenvalue weighted by atomic mass is 16.6. The molecule has 0 unspecified atom stereocenters. The van der Waals surface area contributed by atoms with Crippen molar-refractivity contribution in [2.24, 2.45) is 5.92 Å². The Balaban J connectivity index is 1.74.